The van der Waals surface area contributed by atoms with Crippen LogP contribution in [0.15, 0.2) is 48.5 Å². The highest BCUT2D eigenvalue weighted by atomic mass is 19.1. The van der Waals surface area contributed by atoms with Gasteiger partial charge in [-0.2, -0.15) is 0 Å². The van der Waals surface area contributed by atoms with E-state index in [2.05, 4.69) is 21.9 Å². The Morgan fingerprint density at radius 1 is 1.12 bits per heavy atom. The number of hydrogen-bond donors (Lipinski definition) is 0. The minimum atomic E-state index is -0.565. The second-order valence-electron chi connectivity index (χ2n) is 6.50. The van der Waals surface area contributed by atoms with Crippen molar-refractivity contribution in [2.75, 3.05) is 18.0 Å². The molecule has 124 valence electrons. The fourth-order valence-electron chi connectivity index (χ4n) is 3.90. The van der Waals surface area contributed by atoms with Crippen LogP contribution in [0.5, 0.6) is 0 Å². The van der Waals surface area contributed by atoms with E-state index in [-0.39, 0.29) is 11.7 Å². The number of likely N-dealkylation sites (tertiary alicyclic amines) is 1. The molecule has 0 N–H and O–H groups in total. The van der Waals surface area contributed by atoms with Gasteiger partial charge in [0.2, 0.25) is 0 Å². The lowest BCUT2D eigenvalue weighted by Gasteiger charge is -2.35. The molecule has 2 fully saturated rings. The van der Waals surface area contributed by atoms with Crippen molar-refractivity contribution in [3.8, 4) is 0 Å². The van der Waals surface area contributed by atoms with E-state index in [1.54, 1.807) is 0 Å². The number of non-ortho nitro benzene ring substituents is 1. The van der Waals surface area contributed by atoms with Gasteiger partial charge in [-0.1, -0.05) is 30.3 Å². The molecule has 0 saturated carbocycles. The second kappa shape index (κ2) is 5.87. The van der Waals surface area contributed by atoms with Crippen LogP contribution >= 0.6 is 0 Å². The first-order valence-electron chi connectivity index (χ1n) is 8.10. The van der Waals surface area contributed by atoms with E-state index >= 15 is 0 Å². The van der Waals surface area contributed by atoms with Gasteiger partial charge in [0.15, 0.2) is 5.82 Å². The summed E-state index contributed by atoms with van der Waals surface area (Å²) in [6.07, 6.45) is 1.02. The maximum atomic E-state index is 14.3. The molecule has 2 heterocycles. The van der Waals surface area contributed by atoms with Gasteiger partial charge in [0.05, 0.1) is 16.7 Å². The quantitative estimate of drug-likeness (QED) is 0.639. The van der Waals surface area contributed by atoms with Crippen LogP contribution in [0.3, 0.4) is 0 Å². The summed E-state index contributed by atoms with van der Waals surface area (Å²) < 4.78 is 14.3. The average Bonchev–Trinajstić information content (AvgIpc) is 3.15. The summed E-state index contributed by atoms with van der Waals surface area (Å²) in [5.41, 5.74) is 1.57. The van der Waals surface area contributed by atoms with Gasteiger partial charge in [0, 0.05) is 37.8 Å². The van der Waals surface area contributed by atoms with Gasteiger partial charge in [-0.15, -0.1) is 0 Å². The Balaban J connectivity index is 1.47. The zero-order valence-corrected chi connectivity index (χ0v) is 13.1. The minimum Gasteiger partial charge on any atom is -0.363 e. The largest absolute Gasteiger partial charge is 0.363 e. The maximum Gasteiger partial charge on any atom is 0.272 e. The molecule has 4 rings (SSSR count). The van der Waals surface area contributed by atoms with E-state index in [0.717, 1.165) is 32.1 Å². The zero-order chi connectivity index (χ0) is 16.7. The number of anilines is 1. The smallest absolute Gasteiger partial charge is 0.272 e. The lowest BCUT2D eigenvalue weighted by Crippen LogP contribution is -2.46. The second-order valence-corrected chi connectivity index (χ2v) is 6.50. The summed E-state index contributed by atoms with van der Waals surface area (Å²) in [6, 6.07) is 15.0. The summed E-state index contributed by atoms with van der Waals surface area (Å²) in [5.74, 6) is -0.508. The molecule has 6 heteroatoms. The van der Waals surface area contributed by atoms with Gasteiger partial charge in [0.1, 0.15) is 0 Å². The molecular weight excluding hydrogens is 309 g/mol. The summed E-state index contributed by atoms with van der Waals surface area (Å²) >= 11 is 0. The number of nitrogens with zero attached hydrogens (tertiary/aromatic N) is 3. The first-order chi connectivity index (χ1) is 11.6. The van der Waals surface area contributed by atoms with Crippen molar-refractivity contribution >= 4 is 11.4 Å². The molecule has 0 aliphatic carbocycles. The molecule has 0 radical (unpaired) electrons. The Hall–Kier alpha value is -2.47. The Morgan fingerprint density at radius 3 is 2.54 bits per heavy atom. The van der Waals surface area contributed by atoms with Crippen LogP contribution in [0.2, 0.25) is 0 Å². The van der Waals surface area contributed by atoms with Crippen molar-refractivity contribution in [1.82, 2.24) is 4.90 Å². The summed E-state index contributed by atoms with van der Waals surface area (Å²) in [4.78, 5) is 14.7. The van der Waals surface area contributed by atoms with E-state index in [1.807, 2.05) is 18.2 Å². The summed E-state index contributed by atoms with van der Waals surface area (Å²) in [6.45, 7) is 2.58. The maximum absolute atomic E-state index is 14.3. The fourth-order valence-corrected chi connectivity index (χ4v) is 3.90. The molecule has 2 aliphatic rings. The number of hydrogen-bond acceptors (Lipinski definition) is 4. The molecule has 1 unspecified atom stereocenters. The molecular formula is C18H18FN3O2. The third-order valence-electron chi connectivity index (χ3n) is 5.03. The van der Waals surface area contributed by atoms with Gasteiger partial charge in [-0.25, -0.2) is 4.39 Å². The van der Waals surface area contributed by atoms with Crippen LogP contribution in [0.4, 0.5) is 15.8 Å². The highest BCUT2D eigenvalue weighted by Gasteiger charge is 2.43. The van der Waals surface area contributed by atoms with Crippen LogP contribution in [-0.4, -0.2) is 35.0 Å². The number of nitro benzene ring substituents is 1. The topological polar surface area (TPSA) is 49.6 Å². The number of fused-ring (bicyclic) bond motifs is 2. The Morgan fingerprint density at radius 2 is 1.92 bits per heavy atom. The monoisotopic (exact) mass is 327 g/mol. The highest BCUT2D eigenvalue weighted by molar-refractivity contribution is 5.55. The normalized spacial score (nSPS) is 23.0. The molecule has 0 spiro atoms. The lowest BCUT2D eigenvalue weighted by atomic mass is 10.2. The molecule has 2 atom stereocenters. The van der Waals surface area contributed by atoms with Crippen LogP contribution in [0, 0.1) is 15.9 Å². The lowest BCUT2D eigenvalue weighted by molar-refractivity contribution is -0.385. The van der Waals surface area contributed by atoms with E-state index in [0.29, 0.717) is 11.7 Å². The first-order valence-corrected chi connectivity index (χ1v) is 8.10. The number of halogens is 1. The Bertz CT molecular complexity index is 768. The van der Waals surface area contributed by atoms with Gasteiger partial charge < -0.3 is 4.90 Å². The highest BCUT2D eigenvalue weighted by Crippen LogP contribution is 2.37. The van der Waals surface area contributed by atoms with E-state index in [9.17, 15) is 14.5 Å². The van der Waals surface area contributed by atoms with Crippen molar-refractivity contribution < 1.29 is 9.31 Å². The van der Waals surface area contributed by atoms with Crippen molar-refractivity contribution in [2.24, 2.45) is 0 Å². The fraction of sp³-hybridized carbons (Fsp3) is 0.333. The predicted octanol–water partition coefficient (Wildman–Crippen LogP) is 3.20. The third-order valence-corrected chi connectivity index (χ3v) is 5.03. The SMILES string of the molecule is O=[N+]([O-])c1ccc(N2C[C@@H]3CC2CN3Cc2ccccc2)c(F)c1. The van der Waals surface area contributed by atoms with E-state index < -0.39 is 10.7 Å². The summed E-state index contributed by atoms with van der Waals surface area (Å²) in [5, 5.41) is 10.7. The van der Waals surface area contributed by atoms with Crippen molar-refractivity contribution in [2.45, 2.75) is 25.0 Å². The predicted molar refractivity (Wildman–Crippen MR) is 89.4 cm³/mol. The van der Waals surface area contributed by atoms with Gasteiger partial charge >= 0.3 is 0 Å². The molecule has 24 heavy (non-hydrogen) atoms. The number of piperazine rings is 1. The van der Waals surface area contributed by atoms with Crippen LogP contribution < -0.4 is 4.90 Å². The minimum absolute atomic E-state index is 0.202. The standard InChI is InChI=1S/C18H18FN3O2/c19-17-9-14(22(23)24)6-7-18(17)21-12-15-8-16(21)11-20(15)10-13-4-2-1-3-5-13/h1-7,9,15-16H,8,10-12H2/t15-,16?/m0/s1. The van der Waals surface area contributed by atoms with Crippen molar-refractivity contribution in [1.29, 1.82) is 0 Å². The van der Waals surface area contributed by atoms with E-state index in [1.165, 1.54) is 17.7 Å². The van der Waals surface area contributed by atoms with Gasteiger partial charge in [-0.3, -0.25) is 15.0 Å². The number of rotatable bonds is 4. The molecule has 2 aliphatic heterocycles. The average molecular weight is 327 g/mol. The van der Waals surface area contributed by atoms with E-state index in [4.69, 9.17) is 0 Å². The molecule has 5 nitrogen and oxygen atoms in total. The van der Waals surface area contributed by atoms with Crippen molar-refractivity contribution in [3.63, 3.8) is 0 Å². The molecule has 2 aromatic rings. The Kier molecular flexibility index (Phi) is 3.69. The van der Waals surface area contributed by atoms with Crippen LogP contribution in [0.25, 0.3) is 0 Å². The van der Waals surface area contributed by atoms with Crippen LogP contribution in [-0.2, 0) is 6.54 Å². The van der Waals surface area contributed by atoms with Gasteiger partial charge in [-0.05, 0) is 18.1 Å². The molecule has 2 saturated heterocycles. The number of benzene rings is 2. The molecule has 0 amide bonds. The number of nitro groups is 1. The third kappa shape index (κ3) is 2.63. The van der Waals surface area contributed by atoms with Crippen LogP contribution in [0.1, 0.15) is 12.0 Å². The van der Waals surface area contributed by atoms with Gasteiger partial charge in [0.25, 0.3) is 5.69 Å². The molecule has 0 aromatic heterocycles. The molecule has 2 aromatic carbocycles. The summed E-state index contributed by atoms with van der Waals surface area (Å²) in [7, 11) is 0. The van der Waals surface area contributed by atoms with Crippen molar-refractivity contribution in [3.05, 3.63) is 70.0 Å². The molecule has 2 bridgehead atoms. The zero-order valence-electron chi connectivity index (χ0n) is 13.1. The first kappa shape index (κ1) is 15.1. The Labute approximate surface area is 139 Å².